The van der Waals surface area contributed by atoms with E-state index < -0.39 is 5.60 Å². The third-order valence-corrected chi connectivity index (χ3v) is 7.48. The van der Waals surface area contributed by atoms with Crippen LogP contribution >= 0.6 is 11.6 Å². The van der Waals surface area contributed by atoms with Crippen molar-refractivity contribution in [1.29, 1.82) is 0 Å². The summed E-state index contributed by atoms with van der Waals surface area (Å²) in [6, 6.07) is 6.07. The molecule has 0 aliphatic carbocycles. The number of hydrogen-bond donors (Lipinski definition) is 2. The van der Waals surface area contributed by atoms with Crippen LogP contribution in [0.2, 0.25) is 5.02 Å². The Morgan fingerprint density at radius 2 is 1.97 bits per heavy atom. The van der Waals surface area contributed by atoms with Crippen LogP contribution in [0.15, 0.2) is 30.6 Å². The third kappa shape index (κ3) is 3.20. The van der Waals surface area contributed by atoms with Crippen molar-refractivity contribution in [3.63, 3.8) is 0 Å². The fraction of sp³-hybridized carbons (Fsp3) is 0.458. The average Bonchev–Trinajstić information content (AvgIpc) is 3.05. The second-order valence-corrected chi connectivity index (χ2v) is 9.55. The van der Waals surface area contributed by atoms with Gasteiger partial charge in [0.2, 0.25) is 0 Å². The minimum absolute atomic E-state index is 0.00801. The molecule has 0 amide bonds. The van der Waals surface area contributed by atoms with Gasteiger partial charge >= 0.3 is 0 Å². The van der Waals surface area contributed by atoms with Gasteiger partial charge in [-0.2, -0.15) is 0 Å². The maximum Gasteiger partial charge on any atom is 0.150 e. The van der Waals surface area contributed by atoms with Gasteiger partial charge in [-0.1, -0.05) is 31.5 Å². The summed E-state index contributed by atoms with van der Waals surface area (Å²) in [5, 5.41) is 12.9. The highest BCUT2D eigenvalue weighted by atomic mass is 35.5. The van der Waals surface area contributed by atoms with Gasteiger partial charge in [-0.05, 0) is 35.7 Å². The minimum Gasteiger partial charge on any atom is -0.384 e. The largest absolute Gasteiger partial charge is 0.384 e. The number of aromatic amines is 1. The zero-order chi connectivity index (χ0) is 21.9. The summed E-state index contributed by atoms with van der Waals surface area (Å²) >= 11 is 6.83. The van der Waals surface area contributed by atoms with E-state index in [4.69, 9.17) is 16.3 Å². The first kappa shape index (κ1) is 20.9. The first-order valence-corrected chi connectivity index (χ1v) is 11.1. The lowest BCUT2D eigenvalue weighted by Crippen LogP contribution is -2.60. The molecule has 2 aliphatic heterocycles. The van der Waals surface area contributed by atoms with Crippen molar-refractivity contribution < 1.29 is 14.2 Å². The van der Waals surface area contributed by atoms with E-state index in [1.165, 1.54) is 6.20 Å². The van der Waals surface area contributed by atoms with Crippen molar-refractivity contribution in [3.05, 3.63) is 52.6 Å². The van der Waals surface area contributed by atoms with Crippen molar-refractivity contribution in [3.8, 4) is 11.1 Å². The van der Waals surface area contributed by atoms with E-state index in [1.807, 2.05) is 19.1 Å². The van der Waals surface area contributed by atoms with E-state index in [1.54, 1.807) is 12.3 Å². The van der Waals surface area contributed by atoms with Gasteiger partial charge in [0.25, 0.3) is 0 Å². The Morgan fingerprint density at radius 1 is 1.26 bits per heavy atom. The van der Waals surface area contributed by atoms with Crippen LogP contribution in [0.3, 0.4) is 0 Å². The van der Waals surface area contributed by atoms with Gasteiger partial charge in [-0.3, -0.25) is 4.90 Å². The second-order valence-electron chi connectivity index (χ2n) is 9.14. The Hall–Kier alpha value is -1.99. The summed E-state index contributed by atoms with van der Waals surface area (Å²) in [5.74, 6) is -0.327. The molecule has 0 bridgehead atoms. The molecule has 0 unspecified atom stereocenters. The number of piperidine rings is 1. The highest BCUT2D eigenvalue weighted by Crippen LogP contribution is 2.47. The highest BCUT2D eigenvalue weighted by Gasteiger charge is 2.49. The molecule has 0 saturated carbocycles. The molecular weight excluding hydrogens is 417 g/mol. The Bertz CT molecular complexity index is 1110. The Labute approximate surface area is 186 Å². The van der Waals surface area contributed by atoms with E-state index >= 15 is 0 Å². The van der Waals surface area contributed by atoms with Crippen LogP contribution in [-0.4, -0.2) is 52.3 Å². The zero-order valence-corrected chi connectivity index (χ0v) is 18.7. The number of ether oxygens (including phenoxy) is 1. The number of rotatable bonds is 3. The second kappa shape index (κ2) is 7.55. The van der Waals surface area contributed by atoms with Crippen LogP contribution in [0.25, 0.3) is 22.2 Å². The summed E-state index contributed by atoms with van der Waals surface area (Å²) in [5.41, 5.74) is 2.69. The predicted molar refractivity (Wildman–Crippen MR) is 120 cm³/mol. The Balaban J connectivity index is 1.56. The summed E-state index contributed by atoms with van der Waals surface area (Å²) in [6.45, 7) is 9.28. The van der Waals surface area contributed by atoms with Gasteiger partial charge in [0.1, 0.15) is 5.65 Å². The molecule has 0 spiro atoms. The summed E-state index contributed by atoms with van der Waals surface area (Å²) < 4.78 is 19.8. The number of fused-ring (bicyclic) bond motifs is 1. The average molecular weight is 444 g/mol. The van der Waals surface area contributed by atoms with Crippen LogP contribution < -0.4 is 0 Å². The highest BCUT2D eigenvalue weighted by molar-refractivity contribution is 6.32. The number of aliphatic hydroxyl groups is 1. The van der Waals surface area contributed by atoms with Crippen molar-refractivity contribution in [1.82, 2.24) is 14.9 Å². The van der Waals surface area contributed by atoms with Crippen LogP contribution in [0.5, 0.6) is 0 Å². The Morgan fingerprint density at radius 3 is 2.58 bits per heavy atom. The molecular formula is C24H27ClFN3O2. The van der Waals surface area contributed by atoms with Crippen LogP contribution in [-0.2, 0) is 10.3 Å². The number of H-pyrrole nitrogens is 1. The number of nitrogens with one attached hydrogen (secondary N) is 1. The molecule has 2 aromatic heterocycles. The van der Waals surface area contributed by atoms with Gasteiger partial charge in [0.05, 0.1) is 30.2 Å². The number of nitrogens with zero attached hydrogens (tertiary/aromatic N) is 2. The molecule has 3 aromatic rings. The summed E-state index contributed by atoms with van der Waals surface area (Å²) in [7, 11) is 0. The minimum atomic E-state index is -1.03. The first-order valence-electron chi connectivity index (χ1n) is 10.8. The van der Waals surface area contributed by atoms with Gasteiger partial charge in [0.15, 0.2) is 5.82 Å². The molecule has 2 fully saturated rings. The van der Waals surface area contributed by atoms with Crippen molar-refractivity contribution in [2.45, 2.75) is 32.4 Å². The van der Waals surface area contributed by atoms with Gasteiger partial charge < -0.3 is 14.8 Å². The number of benzene rings is 1. The fourth-order valence-electron chi connectivity index (χ4n) is 5.43. The summed E-state index contributed by atoms with van der Waals surface area (Å²) in [4.78, 5) is 9.49. The fourth-order valence-corrected chi connectivity index (χ4v) is 5.85. The third-order valence-electron chi connectivity index (χ3n) is 7.18. The number of pyridine rings is 1. The molecule has 3 atom stereocenters. The van der Waals surface area contributed by atoms with E-state index in [0.717, 1.165) is 48.6 Å². The van der Waals surface area contributed by atoms with Crippen LogP contribution in [0.4, 0.5) is 4.39 Å². The van der Waals surface area contributed by atoms with E-state index in [2.05, 4.69) is 28.7 Å². The quantitative estimate of drug-likeness (QED) is 0.625. The molecule has 31 heavy (non-hydrogen) atoms. The molecule has 5 rings (SSSR count). The Kier molecular flexibility index (Phi) is 5.09. The van der Waals surface area contributed by atoms with Crippen molar-refractivity contribution in [2.75, 3.05) is 26.3 Å². The zero-order valence-electron chi connectivity index (χ0n) is 18.0. The number of aryl methyl sites for hydroxylation is 1. The topological polar surface area (TPSA) is 61.4 Å². The number of hydrogen-bond acceptors (Lipinski definition) is 4. The predicted octanol–water partition coefficient (Wildman–Crippen LogP) is 4.51. The normalized spacial score (nSPS) is 27.5. The van der Waals surface area contributed by atoms with Crippen molar-refractivity contribution >= 4 is 22.6 Å². The molecule has 2 saturated heterocycles. The molecule has 164 valence electrons. The smallest absolute Gasteiger partial charge is 0.150 e. The number of halogens is 2. The van der Waals surface area contributed by atoms with Crippen molar-refractivity contribution in [2.24, 2.45) is 11.8 Å². The number of likely N-dealkylation sites (tertiary alicyclic amines) is 1. The standard InChI is InChI=1S/C24H27ClFN3O2/c1-13-6-16(18-4-5-27-23-21(18)20(26)8-28-23)7-19(25)22(13)24(30)14(2)9-29(10-15(24)3)17-11-31-12-17/h4-8,14-15,17,30H,9-12H2,1-3H3,(H,27,28)/t14-,15+,24-. The first-order chi connectivity index (χ1) is 14.8. The maximum absolute atomic E-state index is 14.4. The van der Waals surface area contributed by atoms with Gasteiger partial charge in [0, 0.05) is 47.9 Å². The van der Waals surface area contributed by atoms with E-state index in [0.29, 0.717) is 22.1 Å². The number of aromatic nitrogens is 2. The molecule has 5 nitrogen and oxygen atoms in total. The monoisotopic (exact) mass is 443 g/mol. The lowest BCUT2D eigenvalue weighted by Gasteiger charge is -2.52. The molecule has 0 radical (unpaired) electrons. The van der Waals surface area contributed by atoms with Crippen LogP contribution in [0, 0.1) is 24.6 Å². The van der Waals surface area contributed by atoms with Gasteiger partial charge in [-0.25, -0.2) is 9.37 Å². The lowest BCUT2D eigenvalue weighted by molar-refractivity contribution is -0.151. The maximum atomic E-state index is 14.4. The molecule has 2 aliphatic rings. The molecule has 7 heteroatoms. The van der Waals surface area contributed by atoms with E-state index in [9.17, 15) is 9.50 Å². The molecule has 2 N–H and O–H groups in total. The van der Waals surface area contributed by atoms with E-state index in [-0.39, 0.29) is 17.7 Å². The SMILES string of the molecule is Cc1cc(-c2ccnc3[nH]cc(F)c23)cc(Cl)c1[C@@]1(O)[C@H](C)CN(C2COC2)C[C@@H]1C. The summed E-state index contributed by atoms with van der Waals surface area (Å²) in [6.07, 6.45) is 2.97. The molecule has 1 aromatic carbocycles. The van der Waals surface area contributed by atoms with Crippen LogP contribution in [0.1, 0.15) is 25.0 Å². The van der Waals surface area contributed by atoms with Gasteiger partial charge in [-0.15, -0.1) is 0 Å². The lowest BCUT2D eigenvalue weighted by atomic mass is 9.69. The molecule has 4 heterocycles.